The SMILES string of the molecule is COc1ccc2c(c1)C(C)C(NC(=O)OCc1ccccc1)O2. The van der Waals surface area contributed by atoms with Gasteiger partial charge >= 0.3 is 6.09 Å². The van der Waals surface area contributed by atoms with Crippen LogP contribution in [0.2, 0.25) is 0 Å². The van der Waals surface area contributed by atoms with E-state index in [0.717, 1.165) is 22.6 Å². The number of amides is 1. The maximum Gasteiger partial charge on any atom is 0.410 e. The normalized spacial score (nSPS) is 18.7. The highest BCUT2D eigenvalue weighted by Gasteiger charge is 2.32. The van der Waals surface area contributed by atoms with Gasteiger partial charge in [-0.2, -0.15) is 0 Å². The van der Waals surface area contributed by atoms with E-state index in [1.54, 1.807) is 7.11 Å². The van der Waals surface area contributed by atoms with E-state index >= 15 is 0 Å². The lowest BCUT2D eigenvalue weighted by molar-refractivity contribution is 0.107. The van der Waals surface area contributed by atoms with Crippen LogP contribution in [0.4, 0.5) is 4.79 Å². The topological polar surface area (TPSA) is 56.8 Å². The molecule has 23 heavy (non-hydrogen) atoms. The quantitative estimate of drug-likeness (QED) is 0.939. The lowest BCUT2D eigenvalue weighted by Gasteiger charge is -2.17. The number of methoxy groups -OCH3 is 1. The number of alkyl carbamates (subject to hydrolysis) is 1. The Labute approximate surface area is 135 Å². The second-order valence-electron chi connectivity index (χ2n) is 5.44. The first kappa shape index (κ1) is 15.2. The van der Waals surface area contributed by atoms with Crippen molar-refractivity contribution in [1.82, 2.24) is 5.32 Å². The Kier molecular flexibility index (Phi) is 4.37. The predicted molar refractivity (Wildman–Crippen MR) is 85.6 cm³/mol. The number of benzene rings is 2. The van der Waals surface area contributed by atoms with Gasteiger partial charge in [0, 0.05) is 11.5 Å². The molecule has 1 aliphatic heterocycles. The average molecular weight is 313 g/mol. The molecule has 5 heteroatoms. The number of hydrogen-bond donors (Lipinski definition) is 1. The van der Waals surface area contributed by atoms with Gasteiger partial charge in [0.2, 0.25) is 0 Å². The van der Waals surface area contributed by atoms with Gasteiger partial charge in [0.15, 0.2) is 6.23 Å². The van der Waals surface area contributed by atoms with Gasteiger partial charge in [0.05, 0.1) is 7.11 Å². The summed E-state index contributed by atoms with van der Waals surface area (Å²) in [7, 11) is 1.62. The Balaban J connectivity index is 1.57. The number of rotatable bonds is 4. The first-order valence-electron chi connectivity index (χ1n) is 7.49. The van der Waals surface area contributed by atoms with Crippen molar-refractivity contribution >= 4 is 6.09 Å². The number of hydrogen-bond acceptors (Lipinski definition) is 4. The summed E-state index contributed by atoms with van der Waals surface area (Å²) in [4.78, 5) is 12.0. The molecule has 3 rings (SSSR count). The summed E-state index contributed by atoms with van der Waals surface area (Å²) in [5.41, 5.74) is 1.95. The summed E-state index contributed by atoms with van der Waals surface area (Å²) in [5, 5.41) is 2.76. The van der Waals surface area contributed by atoms with Crippen molar-refractivity contribution in [3.05, 3.63) is 59.7 Å². The molecule has 0 saturated heterocycles. The third-order valence-electron chi connectivity index (χ3n) is 3.89. The number of ether oxygens (including phenoxy) is 3. The minimum Gasteiger partial charge on any atom is -0.497 e. The fourth-order valence-electron chi connectivity index (χ4n) is 2.55. The molecule has 0 fully saturated rings. The van der Waals surface area contributed by atoms with Crippen LogP contribution in [0.3, 0.4) is 0 Å². The van der Waals surface area contributed by atoms with Crippen LogP contribution >= 0.6 is 0 Å². The molecule has 0 aromatic heterocycles. The van der Waals surface area contributed by atoms with E-state index in [4.69, 9.17) is 14.2 Å². The third kappa shape index (κ3) is 3.39. The van der Waals surface area contributed by atoms with E-state index in [1.165, 1.54) is 0 Å². The molecule has 2 aromatic rings. The third-order valence-corrected chi connectivity index (χ3v) is 3.89. The first-order chi connectivity index (χ1) is 11.2. The van der Waals surface area contributed by atoms with Gasteiger partial charge in [0.25, 0.3) is 0 Å². The van der Waals surface area contributed by atoms with Gasteiger partial charge in [-0.3, -0.25) is 5.32 Å². The van der Waals surface area contributed by atoms with E-state index < -0.39 is 12.3 Å². The molecule has 1 N–H and O–H groups in total. The molecule has 0 radical (unpaired) electrons. The Hall–Kier alpha value is -2.69. The van der Waals surface area contributed by atoms with E-state index in [1.807, 2.05) is 55.5 Å². The summed E-state index contributed by atoms with van der Waals surface area (Å²) in [6.07, 6.45) is -0.939. The highest BCUT2D eigenvalue weighted by molar-refractivity contribution is 5.68. The van der Waals surface area contributed by atoms with Gasteiger partial charge in [-0.25, -0.2) is 4.79 Å². The highest BCUT2D eigenvalue weighted by atomic mass is 16.6. The van der Waals surface area contributed by atoms with Crippen molar-refractivity contribution < 1.29 is 19.0 Å². The fraction of sp³-hybridized carbons (Fsp3) is 0.278. The van der Waals surface area contributed by atoms with Crippen LogP contribution < -0.4 is 14.8 Å². The molecule has 0 saturated carbocycles. The standard InChI is InChI=1S/C18H19NO4/c1-12-15-10-14(21-2)8-9-16(15)23-17(12)19-18(20)22-11-13-6-4-3-5-7-13/h3-10,12,17H,11H2,1-2H3,(H,19,20). The van der Waals surface area contributed by atoms with Gasteiger partial charge in [-0.1, -0.05) is 37.3 Å². The molecule has 0 bridgehead atoms. The summed E-state index contributed by atoms with van der Waals surface area (Å²) in [6, 6.07) is 15.2. The molecular weight excluding hydrogens is 294 g/mol. The molecule has 0 spiro atoms. The Morgan fingerprint density at radius 1 is 1.22 bits per heavy atom. The van der Waals surface area contributed by atoms with Crippen LogP contribution in [-0.4, -0.2) is 19.4 Å². The molecule has 2 unspecified atom stereocenters. The van der Waals surface area contributed by atoms with E-state index in [0.29, 0.717) is 0 Å². The van der Waals surface area contributed by atoms with Gasteiger partial charge in [-0.05, 0) is 23.8 Å². The van der Waals surface area contributed by atoms with Gasteiger partial charge < -0.3 is 14.2 Å². The lowest BCUT2D eigenvalue weighted by Crippen LogP contribution is -2.39. The second kappa shape index (κ2) is 6.60. The molecule has 2 atom stereocenters. The van der Waals surface area contributed by atoms with E-state index in [2.05, 4.69) is 5.32 Å². The highest BCUT2D eigenvalue weighted by Crippen LogP contribution is 2.39. The van der Waals surface area contributed by atoms with Crippen molar-refractivity contribution in [2.75, 3.05) is 7.11 Å². The maximum atomic E-state index is 12.0. The van der Waals surface area contributed by atoms with Crippen molar-refractivity contribution in [2.24, 2.45) is 0 Å². The zero-order chi connectivity index (χ0) is 16.2. The van der Waals surface area contributed by atoms with Crippen LogP contribution in [0.5, 0.6) is 11.5 Å². The number of fused-ring (bicyclic) bond motifs is 1. The zero-order valence-corrected chi connectivity index (χ0v) is 13.1. The molecule has 1 aliphatic rings. The fourth-order valence-corrected chi connectivity index (χ4v) is 2.55. The summed E-state index contributed by atoms with van der Waals surface area (Å²) < 4.78 is 16.2. The van der Waals surface area contributed by atoms with Crippen LogP contribution in [-0.2, 0) is 11.3 Å². The second-order valence-corrected chi connectivity index (χ2v) is 5.44. The molecule has 5 nitrogen and oxygen atoms in total. The Bertz CT molecular complexity index is 687. The average Bonchev–Trinajstić information content (AvgIpc) is 2.89. The van der Waals surface area contributed by atoms with Crippen LogP contribution in [0.15, 0.2) is 48.5 Å². The van der Waals surface area contributed by atoms with Crippen molar-refractivity contribution in [2.45, 2.75) is 25.7 Å². The minimum atomic E-state index is -0.495. The largest absolute Gasteiger partial charge is 0.497 e. The Morgan fingerprint density at radius 3 is 2.74 bits per heavy atom. The summed E-state index contributed by atoms with van der Waals surface area (Å²) >= 11 is 0. The number of carbonyl (C=O) groups excluding carboxylic acids is 1. The van der Waals surface area contributed by atoms with Crippen LogP contribution in [0, 0.1) is 0 Å². The Morgan fingerprint density at radius 2 is 2.00 bits per heavy atom. The predicted octanol–water partition coefficient (Wildman–Crippen LogP) is 3.44. The molecule has 0 aliphatic carbocycles. The van der Waals surface area contributed by atoms with Crippen LogP contribution in [0.1, 0.15) is 24.0 Å². The summed E-state index contributed by atoms with van der Waals surface area (Å²) in [6.45, 7) is 2.22. The monoisotopic (exact) mass is 313 g/mol. The minimum absolute atomic E-state index is 0.0179. The molecule has 120 valence electrons. The summed E-state index contributed by atoms with van der Waals surface area (Å²) in [5.74, 6) is 1.54. The molecular formula is C18H19NO4. The maximum absolute atomic E-state index is 12.0. The van der Waals surface area contributed by atoms with Crippen molar-refractivity contribution in [3.8, 4) is 11.5 Å². The zero-order valence-electron chi connectivity index (χ0n) is 13.1. The molecule has 1 heterocycles. The van der Waals surface area contributed by atoms with Crippen molar-refractivity contribution in [3.63, 3.8) is 0 Å². The van der Waals surface area contributed by atoms with E-state index in [9.17, 15) is 4.79 Å². The molecule has 2 aromatic carbocycles. The smallest absolute Gasteiger partial charge is 0.410 e. The van der Waals surface area contributed by atoms with E-state index in [-0.39, 0.29) is 12.5 Å². The molecule has 1 amide bonds. The number of carbonyl (C=O) groups is 1. The number of nitrogens with one attached hydrogen (secondary N) is 1. The first-order valence-corrected chi connectivity index (χ1v) is 7.49. The van der Waals surface area contributed by atoms with Crippen molar-refractivity contribution in [1.29, 1.82) is 0 Å². The van der Waals surface area contributed by atoms with Gasteiger partial charge in [-0.15, -0.1) is 0 Å². The lowest BCUT2D eigenvalue weighted by atomic mass is 10.0. The van der Waals surface area contributed by atoms with Gasteiger partial charge in [0.1, 0.15) is 18.1 Å². The van der Waals surface area contributed by atoms with Crippen LogP contribution in [0.25, 0.3) is 0 Å².